The Kier molecular flexibility index (Phi) is 5.54. The number of hydrogen-bond acceptors (Lipinski definition) is 5. The molecular weight excluding hydrogens is 230 g/mol. The maximum absolute atomic E-state index is 11.4. The first kappa shape index (κ1) is 14.4. The van der Waals surface area contributed by atoms with Crippen molar-refractivity contribution >= 4 is 11.6 Å². The Bertz CT molecular complexity index is 396. The van der Waals surface area contributed by atoms with Gasteiger partial charge in [-0.2, -0.15) is 0 Å². The molecular formula is C12H21N5O. The summed E-state index contributed by atoms with van der Waals surface area (Å²) in [5.74, 6) is 5.35. The van der Waals surface area contributed by atoms with Crippen molar-refractivity contribution in [1.29, 1.82) is 0 Å². The summed E-state index contributed by atoms with van der Waals surface area (Å²) in [6.45, 7) is 3.26. The molecule has 6 heteroatoms. The number of hydrogen-bond donors (Lipinski definition) is 3. The first-order chi connectivity index (χ1) is 8.56. The van der Waals surface area contributed by atoms with Gasteiger partial charge in [-0.15, -0.1) is 0 Å². The third kappa shape index (κ3) is 4.31. The smallest absolute Gasteiger partial charge is 0.223 e. The van der Waals surface area contributed by atoms with Crippen molar-refractivity contribution in [2.45, 2.75) is 13.5 Å². The maximum Gasteiger partial charge on any atom is 0.223 e. The van der Waals surface area contributed by atoms with Crippen LogP contribution in [0.4, 0.5) is 5.69 Å². The second-order valence-corrected chi connectivity index (χ2v) is 4.39. The van der Waals surface area contributed by atoms with Crippen LogP contribution in [0.15, 0.2) is 18.3 Å². The predicted octanol–water partition coefficient (Wildman–Crippen LogP) is 0.181. The standard InChI is InChI=1S/C12H21N5O/c1-9(12(18)14-2)7-17(3)8-11-6-10(16-13)4-5-15-11/h4-6,9H,7-8,13H2,1-3H3,(H,14,18)(H,15,16). The minimum Gasteiger partial charge on any atom is -0.359 e. The summed E-state index contributed by atoms with van der Waals surface area (Å²) < 4.78 is 0. The van der Waals surface area contributed by atoms with Gasteiger partial charge in [0.2, 0.25) is 5.91 Å². The normalized spacial score (nSPS) is 12.3. The minimum absolute atomic E-state index is 0.0455. The van der Waals surface area contributed by atoms with Gasteiger partial charge in [-0.1, -0.05) is 6.92 Å². The van der Waals surface area contributed by atoms with Gasteiger partial charge in [0.25, 0.3) is 0 Å². The van der Waals surface area contributed by atoms with Crippen molar-refractivity contribution in [3.63, 3.8) is 0 Å². The van der Waals surface area contributed by atoms with E-state index in [-0.39, 0.29) is 11.8 Å². The zero-order valence-corrected chi connectivity index (χ0v) is 11.1. The second-order valence-electron chi connectivity index (χ2n) is 4.39. The summed E-state index contributed by atoms with van der Waals surface area (Å²) in [7, 11) is 3.61. The van der Waals surface area contributed by atoms with Crippen LogP contribution in [0.5, 0.6) is 0 Å². The van der Waals surface area contributed by atoms with E-state index >= 15 is 0 Å². The lowest BCUT2D eigenvalue weighted by molar-refractivity contribution is -0.124. The van der Waals surface area contributed by atoms with Gasteiger partial charge in [0.15, 0.2) is 0 Å². The van der Waals surface area contributed by atoms with Crippen LogP contribution < -0.4 is 16.6 Å². The summed E-state index contributed by atoms with van der Waals surface area (Å²) in [5.41, 5.74) is 4.33. The zero-order valence-electron chi connectivity index (χ0n) is 11.1. The van der Waals surface area contributed by atoms with Crippen LogP contribution in [0.3, 0.4) is 0 Å². The monoisotopic (exact) mass is 251 g/mol. The third-order valence-corrected chi connectivity index (χ3v) is 2.69. The Morgan fingerprint density at radius 1 is 1.61 bits per heavy atom. The fourth-order valence-electron chi connectivity index (χ4n) is 1.79. The van der Waals surface area contributed by atoms with E-state index in [2.05, 4.69) is 20.6 Å². The molecule has 0 aliphatic rings. The Balaban J connectivity index is 2.53. The molecule has 1 heterocycles. The molecule has 1 aromatic rings. The van der Waals surface area contributed by atoms with E-state index in [1.54, 1.807) is 19.3 Å². The number of anilines is 1. The molecule has 6 nitrogen and oxygen atoms in total. The third-order valence-electron chi connectivity index (χ3n) is 2.69. The molecule has 0 aromatic carbocycles. The highest BCUT2D eigenvalue weighted by molar-refractivity contribution is 5.78. The van der Waals surface area contributed by atoms with E-state index in [0.29, 0.717) is 13.1 Å². The Morgan fingerprint density at radius 2 is 2.33 bits per heavy atom. The lowest BCUT2D eigenvalue weighted by Crippen LogP contribution is -2.34. The van der Waals surface area contributed by atoms with Crippen LogP contribution in [0.2, 0.25) is 0 Å². The first-order valence-electron chi connectivity index (χ1n) is 5.88. The van der Waals surface area contributed by atoms with Gasteiger partial charge in [0.1, 0.15) is 0 Å². The quantitative estimate of drug-likeness (QED) is 0.496. The van der Waals surface area contributed by atoms with Crippen LogP contribution in [0.25, 0.3) is 0 Å². The number of nitrogens with one attached hydrogen (secondary N) is 2. The molecule has 0 saturated heterocycles. The molecule has 0 aliphatic carbocycles. The van der Waals surface area contributed by atoms with Gasteiger partial charge in [-0.05, 0) is 19.2 Å². The molecule has 100 valence electrons. The molecule has 0 aliphatic heterocycles. The highest BCUT2D eigenvalue weighted by atomic mass is 16.1. The van der Waals surface area contributed by atoms with E-state index < -0.39 is 0 Å². The number of amides is 1. The molecule has 0 saturated carbocycles. The van der Waals surface area contributed by atoms with Gasteiger partial charge in [0, 0.05) is 32.3 Å². The average Bonchev–Trinajstić information content (AvgIpc) is 2.37. The van der Waals surface area contributed by atoms with Crippen molar-refractivity contribution in [2.24, 2.45) is 11.8 Å². The second kappa shape index (κ2) is 6.93. The molecule has 1 unspecified atom stereocenters. The number of aromatic nitrogens is 1. The van der Waals surface area contributed by atoms with E-state index in [0.717, 1.165) is 11.4 Å². The van der Waals surface area contributed by atoms with Crippen molar-refractivity contribution < 1.29 is 4.79 Å². The highest BCUT2D eigenvalue weighted by Gasteiger charge is 2.13. The number of carbonyl (C=O) groups is 1. The van der Waals surface area contributed by atoms with Crippen molar-refractivity contribution in [3.8, 4) is 0 Å². The number of carbonyl (C=O) groups excluding carboxylic acids is 1. The average molecular weight is 251 g/mol. The maximum atomic E-state index is 11.4. The molecule has 0 spiro atoms. The van der Waals surface area contributed by atoms with Gasteiger partial charge in [-0.25, -0.2) is 0 Å². The topological polar surface area (TPSA) is 83.3 Å². The SMILES string of the molecule is CNC(=O)C(C)CN(C)Cc1cc(NN)ccn1. The number of pyridine rings is 1. The largest absolute Gasteiger partial charge is 0.359 e. The van der Waals surface area contributed by atoms with E-state index in [4.69, 9.17) is 5.84 Å². The van der Waals surface area contributed by atoms with E-state index in [1.807, 2.05) is 20.0 Å². The number of hydrazine groups is 1. The van der Waals surface area contributed by atoms with Crippen molar-refractivity contribution in [1.82, 2.24) is 15.2 Å². The zero-order chi connectivity index (χ0) is 13.5. The Morgan fingerprint density at radius 3 is 2.94 bits per heavy atom. The molecule has 0 fully saturated rings. The fraction of sp³-hybridized carbons (Fsp3) is 0.500. The summed E-state index contributed by atoms with van der Waals surface area (Å²) >= 11 is 0. The van der Waals surface area contributed by atoms with Gasteiger partial charge < -0.3 is 10.7 Å². The molecule has 0 radical (unpaired) electrons. The summed E-state index contributed by atoms with van der Waals surface area (Å²) in [6, 6.07) is 3.69. The molecule has 1 atom stereocenters. The Hall–Kier alpha value is -1.66. The summed E-state index contributed by atoms with van der Waals surface area (Å²) in [5, 5.41) is 2.64. The van der Waals surface area contributed by atoms with Crippen LogP contribution in [0, 0.1) is 5.92 Å². The number of nitrogen functional groups attached to an aromatic ring is 1. The predicted molar refractivity (Wildman–Crippen MR) is 71.6 cm³/mol. The van der Waals surface area contributed by atoms with Crippen LogP contribution >= 0.6 is 0 Å². The molecule has 0 bridgehead atoms. The molecule has 4 N–H and O–H groups in total. The summed E-state index contributed by atoms with van der Waals surface area (Å²) in [6.07, 6.45) is 1.71. The minimum atomic E-state index is -0.0455. The number of nitrogens with zero attached hydrogens (tertiary/aromatic N) is 2. The van der Waals surface area contributed by atoms with Crippen LogP contribution in [-0.4, -0.2) is 36.4 Å². The van der Waals surface area contributed by atoms with Crippen LogP contribution in [-0.2, 0) is 11.3 Å². The fourth-order valence-corrected chi connectivity index (χ4v) is 1.79. The lowest BCUT2D eigenvalue weighted by atomic mass is 10.1. The summed E-state index contributed by atoms with van der Waals surface area (Å²) in [4.78, 5) is 17.7. The number of nitrogens with two attached hydrogens (primary N) is 1. The Labute approximate surface area is 108 Å². The number of rotatable bonds is 6. The molecule has 18 heavy (non-hydrogen) atoms. The van der Waals surface area contributed by atoms with E-state index in [1.165, 1.54) is 0 Å². The molecule has 1 aromatic heterocycles. The van der Waals surface area contributed by atoms with E-state index in [9.17, 15) is 4.79 Å². The van der Waals surface area contributed by atoms with Crippen molar-refractivity contribution in [2.75, 3.05) is 26.1 Å². The molecule has 1 amide bonds. The van der Waals surface area contributed by atoms with Gasteiger partial charge in [0.05, 0.1) is 11.4 Å². The van der Waals surface area contributed by atoms with Gasteiger partial charge >= 0.3 is 0 Å². The molecule has 1 rings (SSSR count). The highest BCUT2D eigenvalue weighted by Crippen LogP contribution is 2.09. The van der Waals surface area contributed by atoms with Crippen molar-refractivity contribution in [3.05, 3.63) is 24.0 Å². The van der Waals surface area contributed by atoms with Crippen LogP contribution in [0.1, 0.15) is 12.6 Å². The van der Waals surface area contributed by atoms with Gasteiger partial charge in [-0.3, -0.25) is 20.5 Å². The lowest BCUT2D eigenvalue weighted by Gasteiger charge is -2.20. The first-order valence-corrected chi connectivity index (χ1v) is 5.88.